The van der Waals surface area contributed by atoms with Gasteiger partial charge in [0.2, 0.25) is 5.89 Å². The van der Waals surface area contributed by atoms with E-state index in [9.17, 15) is 0 Å². The average molecular weight is 285 g/mol. The zero-order chi connectivity index (χ0) is 14.1. The number of nitrogens with zero attached hydrogens (tertiary/aromatic N) is 2. The van der Waals surface area contributed by atoms with Crippen molar-refractivity contribution in [3.63, 3.8) is 0 Å². The normalized spacial score (nSPS) is 25.1. The van der Waals surface area contributed by atoms with E-state index in [0.29, 0.717) is 12.5 Å². The molecule has 21 heavy (non-hydrogen) atoms. The third-order valence-corrected chi connectivity index (χ3v) is 4.35. The lowest BCUT2D eigenvalue weighted by molar-refractivity contribution is 0.253. The van der Waals surface area contributed by atoms with Crippen LogP contribution in [0.4, 0.5) is 0 Å². The molecule has 5 heteroatoms. The Labute approximate surface area is 123 Å². The first kappa shape index (κ1) is 12.8. The topological polar surface area (TPSA) is 60.2 Å². The predicted octanol–water partition coefficient (Wildman–Crippen LogP) is 2.26. The molecule has 2 aliphatic heterocycles. The Hall–Kier alpha value is -1.88. The molecule has 2 aromatic rings. The molecule has 5 nitrogen and oxygen atoms in total. The number of aromatic nitrogens is 2. The van der Waals surface area contributed by atoms with Gasteiger partial charge in [0.25, 0.3) is 0 Å². The highest BCUT2D eigenvalue weighted by atomic mass is 16.5. The smallest absolute Gasteiger partial charge is 0.231 e. The van der Waals surface area contributed by atoms with E-state index in [2.05, 4.69) is 21.5 Å². The van der Waals surface area contributed by atoms with Gasteiger partial charge in [-0.05, 0) is 37.4 Å². The number of nitrogens with one attached hydrogen (secondary N) is 1. The first-order valence-electron chi connectivity index (χ1n) is 7.65. The molecular weight excluding hydrogens is 266 g/mol. The third-order valence-electron chi connectivity index (χ3n) is 4.35. The van der Waals surface area contributed by atoms with Gasteiger partial charge in [-0.1, -0.05) is 23.4 Å². The summed E-state index contributed by atoms with van der Waals surface area (Å²) in [7, 11) is 0. The van der Waals surface area contributed by atoms with Crippen LogP contribution >= 0.6 is 0 Å². The van der Waals surface area contributed by atoms with E-state index >= 15 is 0 Å². The molecule has 1 aromatic carbocycles. The highest BCUT2D eigenvalue weighted by Crippen LogP contribution is 2.32. The minimum absolute atomic E-state index is 0.189. The van der Waals surface area contributed by atoms with Crippen LogP contribution in [0.25, 0.3) is 0 Å². The summed E-state index contributed by atoms with van der Waals surface area (Å²) in [5.41, 5.74) is 1.22. The third kappa shape index (κ3) is 2.53. The molecule has 2 atom stereocenters. The summed E-state index contributed by atoms with van der Waals surface area (Å²) in [4.78, 5) is 4.63. The molecule has 1 N–H and O–H groups in total. The van der Waals surface area contributed by atoms with Crippen LogP contribution in [0.3, 0.4) is 0 Å². The molecule has 0 amide bonds. The number of hydrogen-bond acceptors (Lipinski definition) is 5. The van der Waals surface area contributed by atoms with Gasteiger partial charge in [0.05, 0.1) is 18.4 Å². The Bertz CT molecular complexity index is 619. The molecule has 2 aliphatic rings. The Balaban J connectivity index is 1.51. The van der Waals surface area contributed by atoms with Gasteiger partial charge < -0.3 is 14.6 Å². The number of benzene rings is 1. The zero-order valence-electron chi connectivity index (χ0n) is 11.9. The highest BCUT2D eigenvalue weighted by molar-refractivity contribution is 5.36. The van der Waals surface area contributed by atoms with Gasteiger partial charge in [-0.25, -0.2) is 0 Å². The van der Waals surface area contributed by atoms with E-state index in [1.807, 2.05) is 18.2 Å². The SMILES string of the molecule is c1ccc2c(c1)CC(c1noc([C@H]3CCCNC3)n1)CO2. The quantitative estimate of drug-likeness (QED) is 0.917. The van der Waals surface area contributed by atoms with Crippen molar-refractivity contribution in [1.29, 1.82) is 0 Å². The van der Waals surface area contributed by atoms with Gasteiger partial charge in [-0.15, -0.1) is 0 Å². The van der Waals surface area contributed by atoms with Gasteiger partial charge in [0, 0.05) is 6.54 Å². The molecule has 3 heterocycles. The van der Waals surface area contributed by atoms with Gasteiger partial charge in [-0.2, -0.15) is 4.98 Å². The lowest BCUT2D eigenvalue weighted by Gasteiger charge is -2.23. The van der Waals surface area contributed by atoms with Crippen LogP contribution in [0, 0.1) is 0 Å². The van der Waals surface area contributed by atoms with E-state index < -0.39 is 0 Å². The summed E-state index contributed by atoms with van der Waals surface area (Å²) in [6.45, 7) is 2.65. The zero-order valence-corrected chi connectivity index (χ0v) is 11.9. The van der Waals surface area contributed by atoms with Crippen molar-refractivity contribution in [2.45, 2.75) is 31.1 Å². The molecule has 110 valence electrons. The summed E-state index contributed by atoms with van der Waals surface area (Å²) in [5, 5.41) is 7.58. The van der Waals surface area contributed by atoms with Crippen LogP contribution < -0.4 is 10.1 Å². The van der Waals surface area contributed by atoms with E-state index in [1.54, 1.807) is 0 Å². The fourth-order valence-corrected chi connectivity index (χ4v) is 3.14. The first-order valence-corrected chi connectivity index (χ1v) is 7.65. The van der Waals surface area contributed by atoms with Crippen LogP contribution in [0.2, 0.25) is 0 Å². The minimum atomic E-state index is 0.189. The number of fused-ring (bicyclic) bond motifs is 1. The van der Waals surface area contributed by atoms with Crippen LogP contribution in [0.5, 0.6) is 5.75 Å². The maximum absolute atomic E-state index is 5.81. The van der Waals surface area contributed by atoms with Crippen LogP contribution in [0.1, 0.15) is 42.0 Å². The van der Waals surface area contributed by atoms with Gasteiger partial charge in [0.15, 0.2) is 5.82 Å². The maximum Gasteiger partial charge on any atom is 0.231 e. The molecule has 0 radical (unpaired) electrons. The van der Waals surface area contributed by atoms with Crippen molar-refractivity contribution in [3.05, 3.63) is 41.5 Å². The molecule has 4 rings (SSSR count). The highest BCUT2D eigenvalue weighted by Gasteiger charge is 2.27. The van der Waals surface area contributed by atoms with Gasteiger partial charge in [0.1, 0.15) is 5.75 Å². The van der Waals surface area contributed by atoms with Crippen molar-refractivity contribution < 1.29 is 9.26 Å². The van der Waals surface area contributed by atoms with Crippen molar-refractivity contribution in [2.75, 3.05) is 19.7 Å². The second-order valence-corrected chi connectivity index (χ2v) is 5.85. The Morgan fingerprint density at radius 3 is 3.05 bits per heavy atom. The second kappa shape index (κ2) is 5.48. The van der Waals surface area contributed by atoms with Crippen molar-refractivity contribution in [2.24, 2.45) is 0 Å². The first-order chi connectivity index (χ1) is 10.4. The van der Waals surface area contributed by atoms with E-state index in [4.69, 9.17) is 9.26 Å². The molecule has 1 saturated heterocycles. The number of hydrogen-bond donors (Lipinski definition) is 1. The molecule has 1 aromatic heterocycles. The van der Waals surface area contributed by atoms with E-state index in [-0.39, 0.29) is 5.92 Å². The van der Waals surface area contributed by atoms with Crippen molar-refractivity contribution in [3.8, 4) is 5.75 Å². The molecule has 0 spiro atoms. The standard InChI is InChI=1S/C16H19N3O2/c1-2-6-14-11(4-1)8-13(10-20-14)15-18-16(21-19-15)12-5-3-7-17-9-12/h1-2,4,6,12-13,17H,3,5,7-10H2/t12-,13?/m0/s1. The van der Waals surface area contributed by atoms with Gasteiger partial charge >= 0.3 is 0 Å². The molecule has 1 fully saturated rings. The second-order valence-electron chi connectivity index (χ2n) is 5.85. The molecule has 0 aliphatic carbocycles. The maximum atomic E-state index is 5.81. The van der Waals surface area contributed by atoms with Crippen LogP contribution in [-0.2, 0) is 6.42 Å². The number of piperidine rings is 1. The molecule has 1 unspecified atom stereocenters. The monoisotopic (exact) mass is 285 g/mol. The van der Waals surface area contributed by atoms with Gasteiger partial charge in [-0.3, -0.25) is 0 Å². The predicted molar refractivity (Wildman–Crippen MR) is 77.5 cm³/mol. The van der Waals surface area contributed by atoms with E-state index in [0.717, 1.165) is 43.4 Å². The summed E-state index contributed by atoms with van der Waals surface area (Å²) < 4.78 is 11.3. The number of rotatable bonds is 2. The van der Waals surface area contributed by atoms with Crippen LogP contribution in [0.15, 0.2) is 28.8 Å². The van der Waals surface area contributed by atoms with Crippen molar-refractivity contribution in [1.82, 2.24) is 15.5 Å². The Morgan fingerprint density at radius 1 is 1.19 bits per heavy atom. The largest absolute Gasteiger partial charge is 0.493 e. The lowest BCUT2D eigenvalue weighted by Crippen LogP contribution is -2.28. The fraction of sp³-hybridized carbons (Fsp3) is 0.500. The summed E-state index contributed by atoms with van der Waals surface area (Å²) in [5.74, 6) is 3.08. The molecule has 0 bridgehead atoms. The number of para-hydroxylation sites is 1. The minimum Gasteiger partial charge on any atom is -0.493 e. The fourth-order valence-electron chi connectivity index (χ4n) is 3.14. The number of ether oxygens (including phenoxy) is 1. The summed E-state index contributed by atoms with van der Waals surface area (Å²) in [6.07, 6.45) is 3.21. The van der Waals surface area contributed by atoms with E-state index in [1.165, 1.54) is 12.0 Å². The lowest BCUT2D eigenvalue weighted by atomic mass is 9.96. The molecular formula is C16H19N3O2. The summed E-state index contributed by atoms with van der Waals surface area (Å²) in [6, 6.07) is 8.16. The average Bonchev–Trinajstić information content (AvgIpc) is 3.05. The molecule has 0 saturated carbocycles. The Kier molecular flexibility index (Phi) is 3.35. The Morgan fingerprint density at radius 2 is 2.14 bits per heavy atom. The van der Waals surface area contributed by atoms with Crippen molar-refractivity contribution >= 4 is 0 Å². The summed E-state index contributed by atoms with van der Waals surface area (Å²) >= 11 is 0. The van der Waals surface area contributed by atoms with Crippen LogP contribution in [-0.4, -0.2) is 29.8 Å².